The van der Waals surface area contributed by atoms with Crippen LogP contribution in [0.3, 0.4) is 0 Å². The van der Waals surface area contributed by atoms with Crippen molar-refractivity contribution in [1.82, 2.24) is 0 Å². The summed E-state index contributed by atoms with van der Waals surface area (Å²) in [6.07, 6.45) is 8.54. The Labute approximate surface area is 86.6 Å². The van der Waals surface area contributed by atoms with Crippen molar-refractivity contribution >= 4 is 0 Å². The minimum atomic E-state index is -0.00827. The minimum Gasteiger partial charge on any atom is -0.393 e. The summed E-state index contributed by atoms with van der Waals surface area (Å²) in [5, 5.41) is 9.81. The molecule has 2 nitrogen and oxygen atoms in total. The first-order chi connectivity index (χ1) is 6.86. The molecule has 0 aromatic rings. The van der Waals surface area contributed by atoms with Crippen LogP contribution < -0.4 is 0 Å². The lowest BCUT2D eigenvalue weighted by Crippen LogP contribution is -2.24. The molecule has 1 aliphatic carbocycles. The lowest BCUT2D eigenvalue weighted by Gasteiger charge is -2.28. The van der Waals surface area contributed by atoms with Gasteiger partial charge in [-0.3, -0.25) is 0 Å². The quantitative estimate of drug-likeness (QED) is 0.754. The Morgan fingerprint density at radius 3 is 2.64 bits per heavy atom. The van der Waals surface area contributed by atoms with Crippen LogP contribution in [0, 0.1) is 11.8 Å². The molecule has 0 bridgehead atoms. The van der Waals surface area contributed by atoms with Crippen LogP contribution in [0.1, 0.15) is 44.9 Å². The molecular formula is C12H22O2. The SMILES string of the molecule is OC1CCCCC1CCC1CCOC1. The predicted molar refractivity (Wildman–Crippen MR) is 56.1 cm³/mol. The first-order valence-corrected chi connectivity index (χ1v) is 6.12. The van der Waals surface area contributed by atoms with Crippen molar-refractivity contribution in [2.45, 2.75) is 51.0 Å². The summed E-state index contributed by atoms with van der Waals surface area (Å²) in [6.45, 7) is 1.92. The van der Waals surface area contributed by atoms with E-state index in [1.165, 1.54) is 38.5 Å². The Hall–Kier alpha value is -0.0800. The van der Waals surface area contributed by atoms with E-state index in [9.17, 15) is 5.11 Å². The predicted octanol–water partition coefficient (Wildman–Crippen LogP) is 2.35. The molecule has 0 radical (unpaired) electrons. The van der Waals surface area contributed by atoms with E-state index >= 15 is 0 Å². The molecule has 82 valence electrons. The summed E-state index contributed by atoms with van der Waals surface area (Å²) in [7, 11) is 0. The van der Waals surface area contributed by atoms with Crippen LogP contribution in [0.5, 0.6) is 0 Å². The number of aliphatic hydroxyl groups is 1. The molecule has 1 N–H and O–H groups in total. The fourth-order valence-corrected chi connectivity index (χ4v) is 2.79. The van der Waals surface area contributed by atoms with Crippen molar-refractivity contribution in [2.75, 3.05) is 13.2 Å². The van der Waals surface area contributed by atoms with Gasteiger partial charge in [-0.05, 0) is 43.9 Å². The van der Waals surface area contributed by atoms with Crippen molar-refractivity contribution < 1.29 is 9.84 Å². The Kier molecular flexibility index (Phi) is 3.82. The van der Waals surface area contributed by atoms with Gasteiger partial charge in [0.05, 0.1) is 6.10 Å². The highest BCUT2D eigenvalue weighted by atomic mass is 16.5. The van der Waals surface area contributed by atoms with Crippen molar-refractivity contribution in [1.29, 1.82) is 0 Å². The summed E-state index contributed by atoms with van der Waals surface area (Å²) in [6, 6.07) is 0. The number of hydrogen-bond acceptors (Lipinski definition) is 2. The Morgan fingerprint density at radius 1 is 1.07 bits per heavy atom. The van der Waals surface area contributed by atoms with Gasteiger partial charge in [0, 0.05) is 13.2 Å². The average Bonchev–Trinajstić information content (AvgIpc) is 2.69. The zero-order valence-electron chi connectivity index (χ0n) is 8.95. The Balaban J connectivity index is 1.67. The highest BCUT2D eigenvalue weighted by Gasteiger charge is 2.24. The summed E-state index contributed by atoms with van der Waals surface area (Å²) in [5.74, 6) is 1.37. The van der Waals surface area contributed by atoms with Gasteiger partial charge < -0.3 is 9.84 Å². The second-order valence-corrected chi connectivity index (χ2v) is 4.92. The fourth-order valence-electron chi connectivity index (χ4n) is 2.79. The van der Waals surface area contributed by atoms with E-state index in [-0.39, 0.29) is 6.10 Å². The Bertz CT molecular complexity index is 164. The maximum Gasteiger partial charge on any atom is 0.0568 e. The maximum atomic E-state index is 9.81. The van der Waals surface area contributed by atoms with Gasteiger partial charge in [0.25, 0.3) is 0 Å². The molecule has 3 atom stereocenters. The molecule has 2 fully saturated rings. The lowest BCUT2D eigenvalue weighted by molar-refractivity contribution is 0.0611. The molecule has 3 unspecified atom stereocenters. The summed E-state index contributed by atoms with van der Waals surface area (Å²) < 4.78 is 5.36. The average molecular weight is 198 g/mol. The van der Waals surface area contributed by atoms with Crippen LogP contribution in [0.2, 0.25) is 0 Å². The number of ether oxygens (including phenoxy) is 1. The van der Waals surface area contributed by atoms with E-state index in [0.717, 1.165) is 25.6 Å². The Morgan fingerprint density at radius 2 is 1.93 bits per heavy atom. The van der Waals surface area contributed by atoms with Crippen LogP contribution in [0.25, 0.3) is 0 Å². The van der Waals surface area contributed by atoms with E-state index in [1.54, 1.807) is 0 Å². The van der Waals surface area contributed by atoms with E-state index in [0.29, 0.717) is 5.92 Å². The molecular weight excluding hydrogens is 176 g/mol. The van der Waals surface area contributed by atoms with E-state index in [2.05, 4.69) is 0 Å². The standard InChI is InChI=1S/C12H22O2/c13-12-4-2-1-3-11(12)6-5-10-7-8-14-9-10/h10-13H,1-9H2. The molecule has 0 aromatic heterocycles. The van der Waals surface area contributed by atoms with Gasteiger partial charge >= 0.3 is 0 Å². The summed E-state index contributed by atoms with van der Waals surface area (Å²) in [5.41, 5.74) is 0. The molecule has 2 aliphatic rings. The van der Waals surface area contributed by atoms with Crippen molar-refractivity contribution in [2.24, 2.45) is 11.8 Å². The van der Waals surface area contributed by atoms with Crippen LogP contribution >= 0.6 is 0 Å². The zero-order chi connectivity index (χ0) is 9.80. The van der Waals surface area contributed by atoms with Crippen molar-refractivity contribution in [3.05, 3.63) is 0 Å². The maximum absolute atomic E-state index is 9.81. The van der Waals surface area contributed by atoms with Crippen LogP contribution in [0.15, 0.2) is 0 Å². The van der Waals surface area contributed by atoms with E-state index in [1.807, 2.05) is 0 Å². The van der Waals surface area contributed by atoms with Crippen LogP contribution in [0.4, 0.5) is 0 Å². The lowest BCUT2D eigenvalue weighted by atomic mass is 9.82. The second-order valence-electron chi connectivity index (χ2n) is 4.92. The van der Waals surface area contributed by atoms with Gasteiger partial charge in [0.1, 0.15) is 0 Å². The van der Waals surface area contributed by atoms with Gasteiger partial charge in [0.2, 0.25) is 0 Å². The smallest absolute Gasteiger partial charge is 0.0568 e. The fraction of sp³-hybridized carbons (Fsp3) is 1.00. The molecule has 1 aliphatic heterocycles. The monoisotopic (exact) mass is 198 g/mol. The van der Waals surface area contributed by atoms with Crippen molar-refractivity contribution in [3.63, 3.8) is 0 Å². The highest BCUT2D eigenvalue weighted by Crippen LogP contribution is 2.30. The first-order valence-electron chi connectivity index (χ1n) is 6.12. The molecule has 1 saturated carbocycles. The number of rotatable bonds is 3. The number of aliphatic hydroxyl groups excluding tert-OH is 1. The third-order valence-corrected chi connectivity index (χ3v) is 3.84. The highest BCUT2D eigenvalue weighted by molar-refractivity contribution is 4.76. The molecule has 14 heavy (non-hydrogen) atoms. The molecule has 1 heterocycles. The molecule has 0 aromatic carbocycles. The largest absolute Gasteiger partial charge is 0.393 e. The van der Waals surface area contributed by atoms with Gasteiger partial charge in [0.15, 0.2) is 0 Å². The van der Waals surface area contributed by atoms with E-state index < -0.39 is 0 Å². The van der Waals surface area contributed by atoms with Crippen LogP contribution in [-0.4, -0.2) is 24.4 Å². The van der Waals surface area contributed by atoms with Gasteiger partial charge in [-0.1, -0.05) is 12.8 Å². The summed E-state index contributed by atoms with van der Waals surface area (Å²) in [4.78, 5) is 0. The third-order valence-electron chi connectivity index (χ3n) is 3.84. The topological polar surface area (TPSA) is 29.5 Å². The summed E-state index contributed by atoms with van der Waals surface area (Å²) >= 11 is 0. The van der Waals surface area contributed by atoms with Gasteiger partial charge in [-0.2, -0.15) is 0 Å². The van der Waals surface area contributed by atoms with Gasteiger partial charge in [-0.25, -0.2) is 0 Å². The molecule has 2 heteroatoms. The normalized spacial score (nSPS) is 38.8. The minimum absolute atomic E-state index is 0.00827. The third kappa shape index (κ3) is 2.71. The molecule has 0 spiro atoms. The number of hydrogen-bond donors (Lipinski definition) is 1. The second kappa shape index (κ2) is 5.13. The molecule has 2 rings (SSSR count). The molecule has 0 amide bonds. The van der Waals surface area contributed by atoms with Gasteiger partial charge in [-0.15, -0.1) is 0 Å². The van der Waals surface area contributed by atoms with E-state index in [4.69, 9.17) is 4.74 Å². The molecule has 1 saturated heterocycles. The zero-order valence-corrected chi connectivity index (χ0v) is 8.95. The van der Waals surface area contributed by atoms with Crippen LogP contribution in [-0.2, 0) is 4.74 Å². The first kappa shape index (κ1) is 10.4. The van der Waals surface area contributed by atoms with Crippen molar-refractivity contribution in [3.8, 4) is 0 Å².